The van der Waals surface area contributed by atoms with Crippen LogP contribution in [0.3, 0.4) is 0 Å². The highest BCUT2D eigenvalue weighted by molar-refractivity contribution is 6.07. The molecule has 13 heavy (non-hydrogen) atoms. The van der Waals surface area contributed by atoms with E-state index in [2.05, 4.69) is 6.58 Å². The Kier molecular flexibility index (Phi) is 2.78. The summed E-state index contributed by atoms with van der Waals surface area (Å²) in [7, 11) is 1.46. The van der Waals surface area contributed by atoms with Crippen LogP contribution in [0.5, 0.6) is 0 Å². The Labute approximate surface area is 78.6 Å². The second-order valence-electron chi connectivity index (χ2n) is 3.21. The van der Waals surface area contributed by atoms with Crippen molar-refractivity contribution in [3.8, 4) is 0 Å². The molecule has 0 aromatic carbocycles. The number of hydrogen-bond donors (Lipinski definition) is 1. The first-order chi connectivity index (χ1) is 6.09. The SMILES string of the molecule is BN(O)C1(C(=O)OCC)CC1C=C. The third-order valence-electron chi connectivity index (χ3n) is 2.48. The summed E-state index contributed by atoms with van der Waals surface area (Å²) < 4.78 is 4.87. The normalized spacial score (nSPS) is 31.5. The molecule has 1 aliphatic carbocycles. The Morgan fingerprint density at radius 1 is 2.00 bits per heavy atom. The molecule has 0 saturated heterocycles. The van der Waals surface area contributed by atoms with Gasteiger partial charge >= 0.3 is 5.97 Å². The van der Waals surface area contributed by atoms with Crippen LogP contribution in [0.2, 0.25) is 0 Å². The van der Waals surface area contributed by atoms with Crippen molar-refractivity contribution in [3.05, 3.63) is 12.7 Å². The van der Waals surface area contributed by atoms with E-state index < -0.39 is 5.54 Å². The molecule has 5 heteroatoms. The van der Waals surface area contributed by atoms with Crippen molar-refractivity contribution < 1.29 is 14.7 Å². The van der Waals surface area contributed by atoms with E-state index in [4.69, 9.17) is 4.74 Å². The van der Waals surface area contributed by atoms with Gasteiger partial charge in [0.05, 0.1) is 6.61 Å². The highest BCUT2D eigenvalue weighted by atomic mass is 16.6. The fraction of sp³-hybridized carbons (Fsp3) is 0.625. The van der Waals surface area contributed by atoms with Gasteiger partial charge in [0, 0.05) is 5.92 Å². The van der Waals surface area contributed by atoms with Gasteiger partial charge in [0.1, 0.15) is 5.54 Å². The van der Waals surface area contributed by atoms with E-state index in [1.165, 1.54) is 7.98 Å². The summed E-state index contributed by atoms with van der Waals surface area (Å²) in [5.74, 6) is -0.369. The van der Waals surface area contributed by atoms with Crippen LogP contribution in [-0.2, 0) is 9.53 Å². The second-order valence-corrected chi connectivity index (χ2v) is 3.21. The molecule has 0 bridgehead atoms. The van der Waals surface area contributed by atoms with Gasteiger partial charge in [-0.05, 0) is 13.3 Å². The minimum atomic E-state index is -0.863. The molecular weight excluding hydrogens is 169 g/mol. The van der Waals surface area contributed by atoms with Crippen molar-refractivity contribution in [1.29, 1.82) is 0 Å². The van der Waals surface area contributed by atoms with Crippen LogP contribution < -0.4 is 0 Å². The average Bonchev–Trinajstić information content (AvgIpc) is 2.79. The number of nitrogens with zero attached hydrogens (tertiary/aromatic N) is 1. The first-order valence-corrected chi connectivity index (χ1v) is 4.32. The minimum Gasteiger partial charge on any atom is -0.465 e. The van der Waals surface area contributed by atoms with Crippen molar-refractivity contribution in [2.75, 3.05) is 6.61 Å². The molecule has 1 aliphatic rings. The molecule has 4 nitrogen and oxygen atoms in total. The maximum atomic E-state index is 11.5. The van der Waals surface area contributed by atoms with Gasteiger partial charge < -0.3 is 9.94 Å². The van der Waals surface area contributed by atoms with E-state index >= 15 is 0 Å². The zero-order valence-corrected chi connectivity index (χ0v) is 7.99. The molecule has 0 radical (unpaired) electrons. The number of carbonyl (C=O) groups excluding carboxylic acids is 1. The van der Waals surface area contributed by atoms with Crippen molar-refractivity contribution in [2.45, 2.75) is 18.9 Å². The van der Waals surface area contributed by atoms with Crippen LogP contribution in [0, 0.1) is 5.92 Å². The minimum absolute atomic E-state index is 0.00144. The van der Waals surface area contributed by atoms with Gasteiger partial charge in [-0.3, -0.25) is 0 Å². The fourth-order valence-electron chi connectivity index (χ4n) is 1.55. The lowest BCUT2D eigenvalue weighted by atomic mass is 10.1. The molecule has 2 unspecified atom stereocenters. The summed E-state index contributed by atoms with van der Waals surface area (Å²) in [6, 6.07) is 0. The van der Waals surface area contributed by atoms with Crippen molar-refractivity contribution in [3.63, 3.8) is 0 Å². The van der Waals surface area contributed by atoms with Crippen LogP contribution >= 0.6 is 0 Å². The van der Waals surface area contributed by atoms with Crippen LogP contribution in [-0.4, -0.2) is 36.3 Å². The number of hydrogen-bond acceptors (Lipinski definition) is 4. The third kappa shape index (κ3) is 1.49. The zero-order valence-electron chi connectivity index (χ0n) is 7.99. The van der Waals surface area contributed by atoms with E-state index in [9.17, 15) is 10.0 Å². The maximum absolute atomic E-state index is 11.5. The Morgan fingerprint density at radius 3 is 2.92 bits per heavy atom. The van der Waals surface area contributed by atoms with Gasteiger partial charge in [0.15, 0.2) is 0 Å². The average molecular weight is 183 g/mol. The highest BCUT2D eigenvalue weighted by Crippen LogP contribution is 2.48. The molecule has 2 atom stereocenters. The highest BCUT2D eigenvalue weighted by Gasteiger charge is 2.62. The predicted molar refractivity (Wildman–Crippen MR) is 49.8 cm³/mol. The lowest BCUT2D eigenvalue weighted by Crippen LogP contribution is -2.42. The molecule has 0 spiro atoms. The molecule has 0 aromatic heterocycles. The predicted octanol–water partition coefficient (Wildman–Crippen LogP) is -0.267. The topological polar surface area (TPSA) is 49.8 Å². The molecule has 0 aromatic rings. The van der Waals surface area contributed by atoms with Gasteiger partial charge in [-0.15, -0.1) is 6.58 Å². The van der Waals surface area contributed by atoms with Gasteiger partial charge in [0.2, 0.25) is 7.98 Å². The first kappa shape index (κ1) is 10.3. The van der Waals surface area contributed by atoms with Crippen LogP contribution in [0.15, 0.2) is 12.7 Å². The molecule has 72 valence electrons. The van der Waals surface area contributed by atoms with E-state index in [0.717, 1.165) is 4.97 Å². The van der Waals surface area contributed by atoms with Crippen LogP contribution in [0.25, 0.3) is 0 Å². The molecule has 1 rings (SSSR count). The lowest BCUT2D eigenvalue weighted by molar-refractivity contribution is -0.161. The Bertz CT molecular complexity index is 231. The monoisotopic (exact) mass is 183 g/mol. The molecular formula is C8H14BNO3. The molecule has 0 aliphatic heterocycles. The fourth-order valence-corrected chi connectivity index (χ4v) is 1.55. The van der Waals surface area contributed by atoms with Gasteiger partial charge in [-0.25, -0.2) is 9.77 Å². The summed E-state index contributed by atoms with van der Waals surface area (Å²) in [6.07, 6.45) is 2.26. The van der Waals surface area contributed by atoms with Crippen LogP contribution in [0.4, 0.5) is 0 Å². The standard InChI is InChI=1S/C8H14BNO3/c1-3-6-5-8(6,10(9)12)7(11)13-4-2/h3,6,12H,1,4-5,9H2,2H3. The zero-order chi connectivity index (χ0) is 10.1. The Hall–Kier alpha value is -0.805. The Morgan fingerprint density at radius 2 is 2.62 bits per heavy atom. The molecule has 1 saturated carbocycles. The molecule has 0 heterocycles. The van der Waals surface area contributed by atoms with Crippen LogP contribution in [0.1, 0.15) is 13.3 Å². The largest absolute Gasteiger partial charge is 0.465 e. The van der Waals surface area contributed by atoms with Gasteiger partial charge in [-0.1, -0.05) is 6.08 Å². The first-order valence-electron chi connectivity index (χ1n) is 4.32. The third-order valence-corrected chi connectivity index (χ3v) is 2.48. The lowest BCUT2D eigenvalue weighted by Gasteiger charge is -2.21. The Balaban J connectivity index is 2.71. The van der Waals surface area contributed by atoms with E-state index in [1.54, 1.807) is 13.0 Å². The number of esters is 1. The summed E-state index contributed by atoms with van der Waals surface area (Å²) in [5.41, 5.74) is -0.863. The number of ether oxygens (including phenoxy) is 1. The number of carbonyl (C=O) groups is 1. The van der Waals surface area contributed by atoms with E-state index in [-0.39, 0.29) is 11.9 Å². The van der Waals surface area contributed by atoms with E-state index in [1.807, 2.05) is 0 Å². The summed E-state index contributed by atoms with van der Waals surface area (Å²) in [4.78, 5) is 12.4. The summed E-state index contributed by atoms with van der Waals surface area (Å²) >= 11 is 0. The quantitative estimate of drug-likeness (QED) is 0.282. The summed E-state index contributed by atoms with van der Waals surface area (Å²) in [6.45, 7) is 5.67. The smallest absolute Gasteiger partial charge is 0.328 e. The number of hydroxylamine groups is 1. The van der Waals surface area contributed by atoms with Gasteiger partial charge in [0.25, 0.3) is 0 Å². The van der Waals surface area contributed by atoms with Crippen molar-refractivity contribution >= 4 is 14.0 Å². The van der Waals surface area contributed by atoms with E-state index in [0.29, 0.717) is 13.0 Å². The second kappa shape index (κ2) is 3.51. The molecule has 0 amide bonds. The van der Waals surface area contributed by atoms with Gasteiger partial charge in [-0.2, -0.15) is 0 Å². The van der Waals surface area contributed by atoms with Crippen molar-refractivity contribution in [1.82, 2.24) is 4.97 Å². The maximum Gasteiger partial charge on any atom is 0.328 e. The molecule has 1 N–H and O–H groups in total. The summed E-state index contributed by atoms with van der Waals surface area (Å²) in [5, 5.41) is 9.33. The number of rotatable bonds is 4. The van der Waals surface area contributed by atoms with Crippen molar-refractivity contribution in [2.24, 2.45) is 5.92 Å². The molecule has 1 fully saturated rings.